The Bertz CT molecular complexity index is 602. The lowest BCUT2D eigenvalue weighted by molar-refractivity contribution is 0.0699. The largest absolute Gasteiger partial charge is 0.477 e. The van der Waals surface area contributed by atoms with Gasteiger partial charge in [0.2, 0.25) is 0 Å². The molecule has 1 aliphatic rings. The van der Waals surface area contributed by atoms with E-state index in [0.29, 0.717) is 11.7 Å². The van der Waals surface area contributed by atoms with Crippen molar-refractivity contribution in [2.45, 2.75) is 38.1 Å². The second-order valence-corrected chi connectivity index (χ2v) is 4.92. The monoisotopic (exact) mass is 260 g/mol. The fourth-order valence-electron chi connectivity index (χ4n) is 2.56. The molecule has 0 unspecified atom stereocenters. The Morgan fingerprint density at radius 2 is 2.16 bits per heavy atom. The SMILES string of the molecule is O=C(O)c1cnn2ccc(NC3CCCCC3)nc12. The smallest absolute Gasteiger partial charge is 0.341 e. The van der Waals surface area contributed by atoms with Crippen molar-refractivity contribution in [1.29, 1.82) is 0 Å². The fraction of sp³-hybridized carbons (Fsp3) is 0.462. The Morgan fingerprint density at radius 3 is 2.89 bits per heavy atom. The van der Waals surface area contributed by atoms with Crippen molar-refractivity contribution in [3.63, 3.8) is 0 Å². The first-order valence-corrected chi connectivity index (χ1v) is 6.58. The van der Waals surface area contributed by atoms with Gasteiger partial charge < -0.3 is 10.4 Å². The number of carboxylic acids is 1. The van der Waals surface area contributed by atoms with E-state index in [2.05, 4.69) is 15.4 Å². The molecule has 0 aliphatic heterocycles. The number of nitrogens with one attached hydrogen (secondary N) is 1. The summed E-state index contributed by atoms with van der Waals surface area (Å²) in [6, 6.07) is 2.28. The van der Waals surface area contributed by atoms with Crippen molar-refractivity contribution in [2.75, 3.05) is 5.32 Å². The van der Waals surface area contributed by atoms with Crippen LogP contribution in [0.25, 0.3) is 5.65 Å². The average molecular weight is 260 g/mol. The maximum Gasteiger partial charge on any atom is 0.341 e. The summed E-state index contributed by atoms with van der Waals surface area (Å²) in [5.74, 6) is -0.278. The molecule has 0 spiro atoms. The Hall–Kier alpha value is -2.11. The Labute approximate surface area is 110 Å². The van der Waals surface area contributed by atoms with Crippen molar-refractivity contribution in [2.24, 2.45) is 0 Å². The van der Waals surface area contributed by atoms with E-state index in [1.54, 1.807) is 6.20 Å². The van der Waals surface area contributed by atoms with Crippen LogP contribution in [0.3, 0.4) is 0 Å². The Balaban J connectivity index is 1.87. The van der Waals surface area contributed by atoms with Gasteiger partial charge in [0, 0.05) is 12.2 Å². The number of aromatic nitrogens is 3. The highest BCUT2D eigenvalue weighted by molar-refractivity contribution is 5.94. The Kier molecular flexibility index (Phi) is 3.06. The normalized spacial score (nSPS) is 16.6. The van der Waals surface area contributed by atoms with Crippen LogP contribution in [-0.2, 0) is 0 Å². The number of aromatic carboxylic acids is 1. The first-order valence-electron chi connectivity index (χ1n) is 6.58. The van der Waals surface area contributed by atoms with Gasteiger partial charge in [0.25, 0.3) is 0 Å². The number of hydrogen-bond donors (Lipinski definition) is 2. The summed E-state index contributed by atoms with van der Waals surface area (Å²) in [7, 11) is 0. The third-order valence-electron chi connectivity index (χ3n) is 3.56. The number of carboxylic acid groups (broad SMARTS) is 1. The van der Waals surface area contributed by atoms with E-state index in [-0.39, 0.29) is 5.56 Å². The zero-order chi connectivity index (χ0) is 13.2. The molecule has 0 saturated heterocycles. The highest BCUT2D eigenvalue weighted by Gasteiger charge is 2.16. The number of carbonyl (C=O) groups is 1. The molecule has 19 heavy (non-hydrogen) atoms. The molecule has 2 aromatic heterocycles. The number of hydrogen-bond acceptors (Lipinski definition) is 4. The van der Waals surface area contributed by atoms with Crippen LogP contribution >= 0.6 is 0 Å². The number of rotatable bonds is 3. The maximum absolute atomic E-state index is 11.1. The zero-order valence-electron chi connectivity index (χ0n) is 10.5. The molecule has 1 aliphatic carbocycles. The van der Waals surface area contributed by atoms with Crippen molar-refractivity contribution >= 4 is 17.4 Å². The van der Waals surface area contributed by atoms with Gasteiger partial charge >= 0.3 is 5.97 Å². The summed E-state index contributed by atoms with van der Waals surface area (Å²) < 4.78 is 1.48. The average Bonchev–Trinajstić information content (AvgIpc) is 2.83. The lowest BCUT2D eigenvalue weighted by atomic mass is 9.95. The molecule has 1 saturated carbocycles. The molecule has 2 N–H and O–H groups in total. The number of anilines is 1. The lowest BCUT2D eigenvalue weighted by Gasteiger charge is -2.23. The summed E-state index contributed by atoms with van der Waals surface area (Å²) in [4.78, 5) is 15.4. The quantitative estimate of drug-likeness (QED) is 0.884. The summed E-state index contributed by atoms with van der Waals surface area (Å²) in [5.41, 5.74) is 0.514. The molecule has 6 heteroatoms. The van der Waals surface area contributed by atoms with Gasteiger partial charge in [-0.15, -0.1) is 0 Å². The molecule has 2 aromatic rings. The van der Waals surface area contributed by atoms with Gasteiger partial charge in [0.1, 0.15) is 11.4 Å². The highest BCUT2D eigenvalue weighted by Crippen LogP contribution is 2.21. The molecular weight excluding hydrogens is 244 g/mol. The van der Waals surface area contributed by atoms with Gasteiger partial charge in [-0.25, -0.2) is 14.3 Å². The van der Waals surface area contributed by atoms with Crippen molar-refractivity contribution in [3.05, 3.63) is 24.0 Å². The molecule has 0 radical (unpaired) electrons. The van der Waals surface area contributed by atoms with E-state index >= 15 is 0 Å². The van der Waals surface area contributed by atoms with Crippen LogP contribution in [0.2, 0.25) is 0 Å². The van der Waals surface area contributed by atoms with Crippen LogP contribution < -0.4 is 5.32 Å². The highest BCUT2D eigenvalue weighted by atomic mass is 16.4. The topological polar surface area (TPSA) is 79.5 Å². The van der Waals surface area contributed by atoms with E-state index in [4.69, 9.17) is 5.11 Å². The van der Waals surface area contributed by atoms with Crippen LogP contribution in [0.15, 0.2) is 18.5 Å². The van der Waals surface area contributed by atoms with E-state index in [0.717, 1.165) is 18.7 Å². The molecule has 3 rings (SSSR count). The standard InChI is InChI=1S/C13H16N4O2/c18-13(19)10-8-14-17-7-6-11(16-12(10)17)15-9-4-2-1-3-5-9/h6-9H,1-5H2,(H,15,16)(H,18,19). The minimum absolute atomic E-state index is 0.132. The van der Waals surface area contributed by atoms with Crippen molar-refractivity contribution in [1.82, 2.24) is 14.6 Å². The molecule has 0 aromatic carbocycles. The van der Waals surface area contributed by atoms with Crippen LogP contribution in [-0.4, -0.2) is 31.7 Å². The predicted molar refractivity (Wildman–Crippen MR) is 70.4 cm³/mol. The number of nitrogens with zero attached hydrogens (tertiary/aromatic N) is 3. The minimum atomic E-state index is -1.00. The molecule has 1 fully saturated rings. The Morgan fingerprint density at radius 1 is 1.37 bits per heavy atom. The minimum Gasteiger partial charge on any atom is -0.477 e. The first kappa shape index (κ1) is 12.0. The number of fused-ring (bicyclic) bond motifs is 1. The summed E-state index contributed by atoms with van der Waals surface area (Å²) in [5, 5.41) is 16.4. The van der Waals surface area contributed by atoms with Crippen molar-refractivity contribution in [3.8, 4) is 0 Å². The molecule has 0 amide bonds. The predicted octanol–water partition coefficient (Wildman–Crippen LogP) is 2.17. The van der Waals surface area contributed by atoms with Crippen LogP contribution in [0.1, 0.15) is 42.5 Å². The van der Waals surface area contributed by atoms with Gasteiger partial charge in [-0.3, -0.25) is 0 Å². The third-order valence-corrected chi connectivity index (χ3v) is 3.56. The second kappa shape index (κ2) is 4.87. The molecule has 0 atom stereocenters. The molecule has 100 valence electrons. The molecule has 2 heterocycles. The van der Waals surface area contributed by atoms with Crippen molar-refractivity contribution < 1.29 is 9.90 Å². The summed E-state index contributed by atoms with van der Waals surface area (Å²) in [6.45, 7) is 0. The first-order chi connectivity index (χ1) is 9.24. The van der Waals surface area contributed by atoms with Gasteiger partial charge in [0.15, 0.2) is 5.65 Å². The lowest BCUT2D eigenvalue weighted by Crippen LogP contribution is -2.22. The van der Waals surface area contributed by atoms with Gasteiger partial charge in [-0.1, -0.05) is 19.3 Å². The summed E-state index contributed by atoms with van der Waals surface area (Å²) in [6.07, 6.45) is 9.15. The van der Waals surface area contributed by atoms with Crippen LogP contribution in [0, 0.1) is 0 Å². The van der Waals surface area contributed by atoms with Crippen LogP contribution in [0.4, 0.5) is 5.82 Å². The third kappa shape index (κ3) is 2.38. The van der Waals surface area contributed by atoms with Crippen LogP contribution in [0.5, 0.6) is 0 Å². The zero-order valence-corrected chi connectivity index (χ0v) is 10.5. The molecular formula is C13H16N4O2. The van der Waals surface area contributed by atoms with Gasteiger partial charge in [0.05, 0.1) is 6.20 Å². The van der Waals surface area contributed by atoms with E-state index < -0.39 is 5.97 Å². The molecule has 6 nitrogen and oxygen atoms in total. The van der Waals surface area contributed by atoms with E-state index in [1.807, 2.05) is 6.07 Å². The van der Waals surface area contributed by atoms with E-state index in [9.17, 15) is 4.79 Å². The summed E-state index contributed by atoms with van der Waals surface area (Å²) >= 11 is 0. The maximum atomic E-state index is 11.1. The van der Waals surface area contributed by atoms with Gasteiger partial charge in [-0.05, 0) is 18.9 Å². The van der Waals surface area contributed by atoms with Gasteiger partial charge in [-0.2, -0.15) is 5.10 Å². The molecule has 0 bridgehead atoms. The fourth-order valence-corrected chi connectivity index (χ4v) is 2.56. The van der Waals surface area contributed by atoms with E-state index in [1.165, 1.54) is 30.0 Å². The second-order valence-electron chi connectivity index (χ2n) is 4.92.